The minimum Gasteiger partial charge on any atom is -0.477 e. The Kier molecular flexibility index (Phi) is 4.77. The third-order valence-electron chi connectivity index (χ3n) is 1.40. The summed E-state index contributed by atoms with van der Waals surface area (Å²) in [5.41, 5.74) is 5.72. The van der Waals surface area contributed by atoms with Crippen LogP contribution in [0.2, 0.25) is 0 Å². The minimum atomic E-state index is -1.30. The third-order valence-corrected chi connectivity index (χ3v) is 1.40. The largest absolute Gasteiger partial charge is 0.477 e. The van der Waals surface area contributed by atoms with Gasteiger partial charge in [-0.3, -0.25) is 5.41 Å². The minimum absolute atomic E-state index is 0.327. The Balaban J connectivity index is 4.89. The maximum atomic E-state index is 10.4. The second-order valence-electron chi connectivity index (χ2n) is 2.38. The van der Waals surface area contributed by atoms with Crippen molar-refractivity contribution in [3.8, 4) is 0 Å². The number of aliphatic carboxylic acids is 1. The molecule has 0 aliphatic heterocycles. The van der Waals surface area contributed by atoms with Crippen LogP contribution >= 0.6 is 0 Å². The summed E-state index contributed by atoms with van der Waals surface area (Å²) in [5, 5.41) is 18.2. The summed E-state index contributed by atoms with van der Waals surface area (Å²) in [6.07, 6.45) is 4.13. The van der Waals surface area contributed by atoms with Crippen LogP contribution in [0.25, 0.3) is 0 Å². The Morgan fingerprint density at radius 3 is 2.57 bits per heavy atom. The summed E-state index contributed by atoms with van der Waals surface area (Å²) in [6.45, 7) is 3.45. The second kappa shape index (κ2) is 5.58. The van der Waals surface area contributed by atoms with Gasteiger partial charge in [0.2, 0.25) is 0 Å². The van der Waals surface area contributed by atoms with Crippen molar-refractivity contribution < 1.29 is 9.90 Å². The normalized spacial score (nSPS) is 12.1. The van der Waals surface area contributed by atoms with Crippen LogP contribution in [-0.4, -0.2) is 23.8 Å². The molecular weight excluding hydrogens is 182 g/mol. The maximum Gasteiger partial charge on any atom is 0.353 e. The molecular formula is C9H13N3O2. The van der Waals surface area contributed by atoms with E-state index in [0.29, 0.717) is 11.4 Å². The van der Waals surface area contributed by atoms with E-state index in [2.05, 4.69) is 11.9 Å². The summed E-state index contributed by atoms with van der Waals surface area (Å²) in [7, 11) is 1.59. The van der Waals surface area contributed by atoms with Crippen LogP contribution in [0.5, 0.6) is 0 Å². The van der Waals surface area contributed by atoms with Crippen molar-refractivity contribution in [2.75, 3.05) is 7.05 Å². The van der Waals surface area contributed by atoms with Gasteiger partial charge >= 0.3 is 5.97 Å². The van der Waals surface area contributed by atoms with Gasteiger partial charge in [-0.15, -0.1) is 0 Å². The van der Waals surface area contributed by atoms with E-state index in [1.165, 1.54) is 12.2 Å². The molecule has 76 valence electrons. The summed E-state index contributed by atoms with van der Waals surface area (Å²) in [4.78, 5) is 10.4. The monoisotopic (exact) mass is 195 g/mol. The first-order valence-electron chi connectivity index (χ1n) is 3.82. The molecule has 0 spiro atoms. The molecule has 5 N–H and O–H groups in total. The molecule has 0 saturated heterocycles. The lowest BCUT2D eigenvalue weighted by molar-refractivity contribution is -0.129. The zero-order valence-corrected chi connectivity index (χ0v) is 7.87. The van der Waals surface area contributed by atoms with Crippen LogP contribution in [0.15, 0.2) is 36.2 Å². The molecule has 14 heavy (non-hydrogen) atoms. The first-order valence-corrected chi connectivity index (χ1v) is 3.82. The molecule has 0 bridgehead atoms. The molecule has 0 aromatic rings. The summed E-state index contributed by atoms with van der Waals surface area (Å²) in [5.74, 6) is -1.30. The van der Waals surface area contributed by atoms with Crippen LogP contribution < -0.4 is 11.1 Å². The van der Waals surface area contributed by atoms with Crippen molar-refractivity contribution in [2.45, 2.75) is 0 Å². The first kappa shape index (κ1) is 12.0. The highest BCUT2D eigenvalue weighted by Crippen LogP contribution is 1.99. The Morgan fingerprint density at radius 1 is 1.64 bits per heavy atom. The van der Waals surface area contributed by atoms with Crippen molar-refractivity contribution in [2.24, 2.45) is 5.73 Å². The fourth-order valence-electron chi connectivity index (χ4n) is 0.723. The Labute approximate surface area is 82.1 Å². The van der Waals surface area contributed by atoms with Gasteiger partial charge in [0.15, 0.2) is 0 Å². The second-order valence-corrected chi connectivity index (χ2v) is 2.38. The topological polar surface area (TPSA) is 99.2 Å². The predicted molar refractivity (Wildman–Crippen MR) is 55.0 cm³/mol. The summed E-state index contributed by atoms with van der Waals surface area (Å²) < 4.78 is 0. The lowest BCUT2D eigenvalue weighted by atomic mass is 10.2. The van der Waals surface area contributed by atoms with Crippen molar-refractivity contribution >= 4 is 11.7 Å². The van der Waals surface area contributed by atoms with E-state index in [1.807, 2.05) is 0 Å². The van der Waals surface area contributed by atoms with E-state index >= 15 is 0 Å². The van der Waals surface area contributed by atoms with E-state index < -0.39 is 11.7 Å². The van der Waals surface area contributed by atoms with E-state index in [1.54, 1.807) is 7.05 Å². The van der Waals surface area contributed by atoms with Gasteiger partial charge in [-0.05, 0) is 12.2 Å². The molecule has 0 aliphatic carbocycles. The average molecular weight is 195 g/mol. The Hall–Kier alpha value is -2.04. The van der Waals surface area contributed by atoms with E-state index in [4.69, 9.17) is 16.2 Å². The van der Waals surface area contributed by atoms with Gasteiger partial charge in [0.1, 0.15) is 5.71 Å². The van der Waals surface area contributed by atoms with Gasteiger partial charge in [0.25, 0.3) is 0 Å². The van der Waals surface area contributed by atoms with Crippen LogP contribution in [0.4, 0.5) is 0 Å². The van der Waals surface area contributed by atoms with Crippen molar-refractivity contribution in [1.82, 2.24) is 5.32 Å². The number of carbonyl (C=O) groups is 1. The lowest BCUT2D eigenvalue weighted by Crippen LogP contribution is -2.18. The molecule has 0 aliphatic rings. The zero-order valence-electron chi connectivity index (χ0n) is 7.87. The van der Waals surface area contributed by atoms with Crippen LogP contribution in [0, 0.1) is 5.41 Å². The highest BCUT2D eigenvalue weighted by Gasteiger charge is 2.05. The number of nitrogens with one attached hydrogen (secondary N) is 2. The smallest absolute Gasteiger partial charge is 0.353 e. The van der Waals surface area contributed by atoms with Crippen LogP contribution in [0.1, 0.15) is 0 Å². The fourth-order valence-corrected chi connectivity index (χ4v) is 0.723. The summed E-state index contributed by atoms with van der Waals surface area (Å²) in [6, 6.07) is 0. The van der Waals surface area contributed by atoms with Gasteiger partial charge in [0, 0.05) is 7.05 Å². The molecule has 5 nitrogen and oxygen atoms in total. The van der Waals surface area contributed by atoms with Crippen molar-refractivity contribution in [3.63, 3.8) is 0 Å². The summed E-state index contributed by atoms with van der Waals surface area (Å²) >= 11 is 0. The van der Waals surface area contributed by atoms with E-state index in [0.717, 1.165) is 6.08 Å². The number of carboxylic acid groups (broad SMARTS) is 1. The first-order chi connectivity index (χ1) is 6.52. The number of hydrogen-bond donors (Lipinski definition) is 4. The number of rotatable bonds is 5. The molecule has 0 atom stereocenters. The quantitative estimate of drug-likeness (QED) is 0.372. The molecule has 0 radical (unpaired) electrons. The zero-order chi connectivity index (χ0) is 11.1. The molecule has 0 unspecified atom stereocenters. The predicted octanol–water partition coefficient (Wildman–Crippen LogP) is 0.223. The van der Waals surface area contributed by atoms with Crippen molar-refractivity contribution in [3.05, 3.63) is 36.2 Å². The Bertz CT molecular complexity index is 316. The van der Waals surface area contributed by atoms with Crippen LogP contribution in [-0.2, 0) is 4.79 Å². The molecule has 0 heterocycles. The highest BCUT2D eigenvalue weighted by atomic mass is 16.4. The lowest BCUT2D eigenvalue weighted by Gasteiger charge is -2.05. The molecule has 0 fully saturated rings. The molecule has 0 rings (SSSR count). The van der Waals surface area contributed by atoms with Gasteiger partial charge < -0.3 is 16.2 Å². The molecule has 0 aromatic carbocycles. The number of carboxylic acids is 1. The number of nitrogens with two attached hydrogens (primary N) is 1. The number of hydrogen-bond acceptors (Lipinski definition) is 4. The fraction of sp³-hybridized carbons (Fsp3) is 0.111. The van der Waals surface area contributed by atoms with Gasteiger partial charge in [0.05, 0.1) is 11.4 Å². The molecule has 5 heteroatoms. The molecule has 0 amide bonds. The standard InChI is InChI=1S/C9H13N3O2/c1-3-4-6(10)8(12-2)5-7(11)9(13)14/h3-5,11-12H,1,10H2,2H3,(H,13,14)/b6-4-,8-5-,11-7?. The van der Waals surface area contributed by atoms with Crippen molar-refractivity contribution in [1.29, 1.82) is 5.41 Å². The molecule has 0 saturated carbocycles. The average Bonchev–Trinajstić information content (AvgIpc) is 2.13. The maximum absolute atomic E-state index is 10.4. The number of allylic oxidation sites excluding steroid dienone is 2. The van der Waals surface area contributed by atoms with E-state index in [9.17, 15) is 4.79 Å². The van der Waals surface area contributed by atoms with Gasteiger partial charge in [-0.2, -0.15) is 0 Å². The van der Waals surface area contributed by atoms with Gasteiger partial charge in [-0.25, -0.2) is 4.79 Å². The van der Waals surface area contributed by atoms with Crippen LogP contribution in [0.3, 0.4) is 0 Å². The molecule has 0 aromatic heterocycles. The third kappa shape index (κ3) is 3.57. The Morgan fingerprint density at radius 2 is 2.21 bits per heavy atom. The number of likely N-dealkylation sites (N-methyl/N-ethyl adjacent to an activating group) is 1. The highest BCUT2D eigenvalue weighted by molar-refractivity contribution is 6.39. The van der Waals surface area contributed by atoms with Gasteiger partial charge in [-0.1, -0.05) is 12.7 Å². The van der Waals surface area contributed by atoms with E-state index in [-0.39, 0.29) is 0 Å². The SMILES string of the molecule is C=C/C=C(N)/C(=C/C(=N)C(=O)O)NC.